The molecule has 0 radical (unpaired) electrons. The highest BCUT2D eigenvalue weighted by atomic mass is 19.4. The lowest BCUT2D eigenvalue weighted by molar-refractivity contribution is -0.137. The van der Waals surface area contributed by atoms with Gasteiger partial charge in [0.25, 0.3) is 5.91 Å². The van der Waals surface area contributed by atoms with Gasteiger partial charge in [-0.1, -0.05) is 6.07 Å². The molecule has 1 saturated heterocycles. The van der Waals surface area contributed by atoms with Crippen molar-refractivity contribution in [2.24, 2.45) is 0 Å². The van der Waals surface area contributed by atoms with E-state index >= 15 is 0 Å². The van der Waals surface area contributed by atoms with Gasteiger partial charge in [-0.05, 0) is 25.1 Å². The van der Waals surface area contributed by atoms with Gasteiger partial charge < -0.3 is 19.4 Å². The molecule has 3 rings (SSSR count). The van der Waals surface area contributed by atoms with Gasteiger partial charge in [0.1, 0.15) is 18.1 Å². The van der Waals surface area contributed by atoms with Gasteiger partial charge in [0, 0.05) is 13.1 Å². The highest BCUT2D eigenvalue weighted by Gasteiger charge is 2.32. The maximum absolute atomic E-state index is 12.7. The number of amides is 2. The quantitative estimate of drug-likeness (QED) is 0.875. The zero-order valence-corrected chi connectivity index (χ0v) is 14.2. The third-order valence-electron chi connectivity index (χ3n) is 4.05. The van der Waals surface area contributed by atoms with Gasteiger partial charge in [0.05, 0.1) is 5.56 Å². The van der Waals surface area contributed by atoms with E-state index < -0.39 is 23.7 Å². The van der Waals surface area contributed by atoms with E-state index in [2.05, 4.69) is 10.3 Å². The van der Waals surface area contributed by atoms with Crippen molar-refractivity contribution in [3.8, 4) is 5.75 Å². The summed E-state index contributed by atoms with van der Waals surface area (Å²) in [6, 6.07) is 3.77. The molecule has 1 N–H and O–H groups in total. The van der Waals surface area contributed by atoms with Gasteiger partial charge in [-0.25, -0.2) is 4.98 Å². The number of ether oxygens (including phenoxy) is 1. The molecule has 1 unspecified atom stereocenters. The maximum atomic E-state index is 12.7. The Hall–Kier alpha value is -3.04. The van der Waals surface area contributed by atoms with E-state index in [-0.39, 0.29) is 29.8 Å². The van der Waals surface area contributed by atoms with Crippen LogP contribution in [0.25, 0.3) is 0 Å². The Morgan fingerprint density at radius 3 is 2.96 bits per heavy atom. The number of halogens is 3. The van der Waals surface area contributed by atoms with E-state index in [0.717, 1.165) is 18.4 Å². The van der Waals surface area contributed by atoms with Crippen molar-refractivity contribution in [1.29, 1.82) is 0 Å². The summed E-state index contributed by atoms with van der Waals surface area (Å²) in [5.74, 6) is -0.695. The second-order valence-corrected chi connectivity index (χ2v) is 5.91. The van der Waals surface area contributed by atoms with Crippen LogP contribution in [0.3, 0.4) is 0 Å². The predicted molar refractivity (Wildman–Crippen MR) is 85.8 cm³/mol. The average molecular weight is 383 g/mol. The lowest BCUT2D eigenvalue weighted by Gasteiger charge is -2.32. The summed E-state index contributed by atoms with van der Waals surface area (Å²) in [5.41, 5.74) is -0.833. The van der Waals surface area contributed by atoms with Crippen LogP contribution in [0.2, 0.25) is 0 Å². The number of benzene rings is 1. The van der Waals surface area contributed by atoms with Crippen LogP contribution in [-0.4, -0.2) is 40.8 Å². The Kier molecular flexibility index (Phi) is 5.06. The third-order valence-corrected chi connectivity index (χ3v) is 4.05. The van der Waals surface area contributed by atoms with Crippen LogP contribution in [0.15, 0.2) is 34.9 Å². The SMILES string of the molecule is CC1C(=O)NCCN1C(=O)c1coc(COc2cccc(C(F)(F)F)c2)n1. The van der Waals surface area contributed by atoms with Crippen molar-refractivity contribution in [2.45, 2.75) is 25.7 Å². The standard InChI is InChI=1S/C17H16F3N3O4/c1-10-15(24)21-5-6-23(10)16(25)13-8-27-14(22-13)9-26-12-4-2-3-11(7-12)17(18,19)20/h2-4,7-8,10H,5-6,9H2,1H3,(H,21,24). The molecule has 1 aliphatic heterocycles. The Bertz CT molecular complexity index is 850. The number of aromatic nitrogens is 1. The molecule has 0 bridgehead atoms. The van der Waals surface area contributed by atoms with Crippen molar-refractivity contribution < 1.29 is 31.9 Å². The van der Waals surface area contributed by atoms with Gasteiger partial charge >= 0.3 is 6.18 Å². The smallest absolute Gasteiger partial charge is 0.416 e. The molecule has 1 aromatic carbocycles. The molecular weight excluding hydrogens is 367 g/mol. The largest absolute Gasteiger partial charge is 0.484 e. The Labute approximate surface area is 152 Å². The second-order valence-electron chi connectivity index (χ2n) is 5.91. The van der Waals surface area contributed by atoms with Crippen molar-refractivity contribution in [3.05, 3.63) is 47.7 Å². The third kappa shape index (κ3) is 4.21. The van der Waals surface area contributed by atoms with Crippen LogP contribution >= 0.6 is 0 Å². The summed E-state index contributed by atoms with van der Waals surface area (Å²) < 4.78 is 48.5. The number of carbonyl (C=O) groups excluding carboxylic acids is 2. The van der Waals surface area contributed by atoms with E-state index in [0.29, 0.717) is 13.1 Å². The highest BCUT2D eigenvalue weighted by Crippen LogP contribution is 2.31. The van der Waals surface area contributed by atoms with Gasteiger partial charge in [-0.2, -0.15) is 13.2 Å². The Balaban J connectivity index is 1.65. The lowest BCUT2D eigenvalue weighted by atomic mass is 10.2. The molecule has 1 atom stereocenters. The van der Waals surface area contributed by atoms with Crippen molar-refractivity contribution in [1.82, 2.24) is 15.2 Å². The van der Waals surface area contributed by atoms with Crippen molar-refractivity contribution in [2.75, 3.05) is 13.1 Å². The van der Waals surface area contributed by atoms with Gasteiger partial charge in [-0.3, -0.25) is 9.59 Å². The van der Waals surface area contributed by atoms with Crippen LogP contribution in [0.1, 0.15) is 28.9 Å². The molecule has 144 valence electrons. The molecule has 0 saturated carbocycles. The zero-order valence-electron chi connectivity index (χ0n) is 14.2. The van der Waals surface area contributed by atoms with E-state index in [9.17, 15) is 22.8 Å². The lowest BCUT2D eigenvalue weighted by Crippen LogP contribution is -2.55. The van der Waals surface area contributed by atoms with Crippen LogP contribution in [-0.2, 0) is 17.6 Å². The van der Waals surface area contributed by atoms with Crippen molar-refractivity contribution >= 4 is 11.8 Å². The number of nitrogens with one attached hydrogen (secondary N) is 1. The van der Waals surface area contributed by atoms with Crippen LogP contribution < -0.4 is 10.1 Å². The van der Waals surface area contributed by atoms with Crippen LogP contribution in [0, 0.1) is 0 Å². The maximum Gasteiger partial charge on any atom is 0.416 e. The van der Waals surface area contributed by atoms with E-state index in [1.807, 2.05) is 0 Å². The molecule has 1 fully saturated rings. The fraction of sp³-hybridized carbons (Fsp3) is 0.353. The fourth-order valence-corrected chi connectivity index (χ4v) is 2.59. The minimum atomic E-state index is -4.47. The summed E-state index contributed by atoms with van der Waals surface area (Å²) in [4.78, 5) is 29.5. The zero-order chi connectivity index (χ0) is 19.6. The number of oxazole rings is 1. The van der Waals surface area contributed by atoms with E-state index in [1.54, 1.807) is 6.92 Å². The van der Waals surface area contributed by atoms with Gasteiger partial charge in [0.15, 0.2) is 12.3 Å². The normalized spacial score (nSPS) is 17.6. The molecule has 2 aromatic rings. The average Bonchev–Trinajstić information content (AvgIpc) is 3.10. The second kappa shape index (κ2) is 7.29. The summed E-state index contributed by atoms with van der Waals surface area (Å²) in [6.45, 7) is 2.04. The molecule has 0 spiro atoms. The number of piperazine rings is 1. The number of nitrogens with zero attached hydrogens (tertiary/aromatic N) is 2. The number of alkyl halides is 3. The topological polar surface area (TPSA) is 84.7 Å². The number of hydrogen-bond acceptors (Lipinski definition) is 5. The number of carbonyl (C=O) groups is 2. The fourth-order valence-electron chi connectivity index (χ4n) is 2.59. The monoisotopic (exact) mass is 383 g/mol. The van der Waals surface area contributed by atoms with Gasteiger partial charge in [0.2, 0.25) is 11.8 Å². The van der Waals surface area contributed by atoms with Crippen LogP contribution in [0.5, 0.6) is 5.75 Å². The minimum Gasteiger partial charge on any atom is -0.484 e. The summed E-state index contributed by atoms with van der Waals surface area (Å²) in [5, 5.41) is 2.65. The molecule has 1 aliphatic rings. The molecule has 2 amide bonds. The van der Waals surface area contributed by atoms with E-state index in [4.69, 9.17) is 9.15 Å². The number of hydrogen-bond donors (Lipinski definition) is 1. The molecule has 1 aromatic heterocycles. The summed E-state index contributed by atoms with van der Waals surface area (Å²) >= 11 is 0. The Morgan fingerprint density at radius 2 is 2.22 bits per heavy atom. The van der Waals surface area contributed by atoms with Gasteiger partial charge in [-0.15, -0.1) is 0 Å². The Morgan fingerprint density at radius 1 is 1.44 bits per heavy atom. The highest BCUT2D eigenvalue weighted by molar-refractivity contribution is 5.96. The summed E-state index contributed by atoms with van der Waals surface area (Å²) in [7, 11) is 0. The minimum absolute atomic E-state index is 0.000748. The van der Waals surface area contributed by atoms with Crippen molar-refractivity contribution in [3.63, 3.8) is 0 Å². The first-order valence-electron chi connectivity index (χ1n) is 8.09. The first-order chi connectivity index (χ1) is 12.8. The molecule has 7 nitrogen and oxygen atoms in total. The molecule has 0 aliphatic carbocycles. The number of rotatable bonds is 4. The molecule has 2 heterocycles. The van der Waals surface area contributed by atoms with Crippen LogP contribution in [0.4, 0.5) is 13.2 Å². The first kappa shape index (κ1) is 18.7. The predicted octanol–water partition coefficient (Wildman–Crippen LogP) is 2.23. The molecular formula is C17H16F3N3O4. The molecule has 10 heteroatoms. The molecule has 27 heavy (non-hydrogen) atoms. The summed E-state index contributed by atoms with van der Waals surface area (Å²) in [6.07, 6.45) is -3.34. The van der Waals surface area contributed by atoms with E-state index in [1.165, 1.54) is 17.0 Å². The first-order valence-corrected chi connectivity index (χ1v) is 8.09.